The molecule has 0 bridgehead atoms. The molecule has 0 unspecified atom stereocenters. The lowest BCUT2D eigenvalue weighted by Crippen LogP contribution is -2.52. The van der Waals surface area contributed by atoms with E-state index in [1.165, 1.54) is 6.42 Å². The number of carbonyl (C=O) groups excluding carboxylic acids is 3. The van der Waals surface area contributed by atoms with E-state index in [1.54, 1.807) is 54.1 Å². The number of urea groups is 2. The number of amides is 5. The summed E-state index contributed by atoms with van der Waals surface area (Å²) in [5, 5.41) is 18.6. The fraction of sp³-hybridized carbons (Fsp3) is 0.500. The zero-order valence-corrected chi connectivity index (χ0v) is 23.6. The Kier molecular flexibility index (Phi) is 9.87. The number of benzene rings is 2. The number of ether oxygens (including phenoxy) is 1. The minimum Gasteiger partial charge on any atom is -0.487 e. The molecule has 0 aromatic heterocycles. The molecule has 4 N–H and O–H groups in total. The van der Waals surface area contributed by atoms with Gasteiger partial charge in [-0.05, 0) is 50.1 Å². The predicted molar refractivity (Wildman–Crippen MR) is 155 cm³/mol. The first-order valence-corrected chi connectivity index (χ1v) is 14.1. The van der Waals surface area contributed by atoms with Crippen molar-refractivity contribution in [3.05, 3.63) is 54.1 Å². The van der Waals surface area contributed by atoms with Gasteiger partial charge in [0.2, 0.25) is 0 Å². The molecule has 5 amide bonds. The van der Waals surface area contributed by atoms with Gasteiger partial charge < -0.3 is 35.6 Å². The van der Waals surface area contributed by atoms with Gasteiger partial charge >= 0.3 is 12.1 Å². The Hall–Kier alpha value is -3.79. The molecular weight excluding hydrogens is 510 g/mol. The molecule has 1 fully saturated rings. The monoisotopic (exact) mass is 551 g/mol. The Balaban J connectivity index is 1.53. The molecule has 10 heteroatoms. The third-order valence-electron chi connectivity index (χ3n) is 7.69. The van der Waals surface area contributed by atoms with E-state index in [-0.39, 0.29) is 36.1 Å². The number of para-hydroxylation sites is 1. The van der Waals surface area contributed by atoms with E-state index in [4.69, 9.17) is 4.74 Å². The van der Waals surface area contributed by atoms with Crippen LogP contribution in [0, 0.1) is 5.92 Å². The van der Waals surface area contributed by atoms with Crippen molar-refractivity contribution in [2.75, 3.05) is 37.4 Å². The molecule has 216 valence electrons. The first-order chi connectivity index (χ1) is 19.2. The number of nitrogens with zero attached hydrogens (tertiary/aromatic N) is 2. The molecule has 2 aliphatic rings. The average molecular weight is 552 g/mol. The molecule has 0 saturated heterocycles. The van der Waals surface area contributed by atoms with Crippen LogP contribution >= 0.6 is 0 Å². The number of rotatable bonds is 7. The van der Waals surface area contributed by atoms with Crippen molar-refractivity contribution in [2.24, 2.45) is 5.92 Å². The van der Waals surface area contributed by atoms with Crippen molar-refractivity contribution in [1.82, 2.24) is 15.1 Å². The van der Waals surface area contributed by atoms with Crippen LogP contribution in [-0.2, 0) is 0 Å². The fourth-order valence-corrected chi connectivity index (χ4v) is 5.22. The molecule has 1 saturated carbocycles. The second-order valence-electron chi connectivity index (χ2n) is 10.9. The maximum atomic E-state index is 13.7. The summed E-state index contributed by atoms with van der Waals surface area (Å²) in [6.07, 6.45) is 5.07. The van der Waals surface area contributed by atoms with Crippen LogP contribution in [0.4, 0.5) is 21.0 Å². The Morgan fingerprint density at radius 2 is 1.77 bits per heavy atom. The van der Waals surface area contributed by atoms with Gasteiger partial charge in [-0.15, -0.1) is 0 Å². The third kappa shape index (κ3) is 7.44. The highest BCUT2D eigenvalue weighted by Crippen LogP contribution is 2.31. The summed E-state index contributed by atoms with van der Waals surface area (Å²) in [6.45, 7) is 4.25. The molecule has 3 atom stereocenters. The van der Waals surface area contributed by atoms with Crippen LogP contribution in [0.1, 0.15) is 56.3 Å². The fourth-order valence-electron chi connectivity index (χ4n) is 5.22. The lowest BCUT2D eigenvalue weighted by atomic mass is 9.96. The first-order valence-electron chi connectivity index (χ1n) is 14.1. The van der Waals surface area contributed by atoms with E-state index in [1.807, 2.05) is 25.1 Å². The Labute approximate surface area is 236 Å². The summed E-state index contributed by atoms with van der Waals surface area (Å²) < 4.78 is 6.39. The zero-order valence-electron chi connectivity index (χ0n) is 23.6. The van der Waals surface area contributed by atoms with Crippen molar-refractivity contribution in [2.45, 2.75) is 64.1 Å². The minimum atomic E-state index is -0.442. The second-order valence-corrected chi connectivity index (χ2v) is 10.9. The summed E-state index contributed by atoms with van der Waals surface area (Å²) >= 11 is 0. The van der Waals surface area contributed by atoms with Gasteiger partial charge in [0.25, 0.3) is 5.91 Å². The predicted octanol–water partition coefficient (Wildman–Crippen LogP) is 4.52. The smallest absolute Gasteiger partial charge is 0.323 e. The minimum absolute atomic E-state index is 0.120. The van der Waals surface area contributed by atoms with Crippen LogP contribution in [-0.4, -0.2) is 77.8 Å². The van der Waals surface area contributed by atoms with Crippen LogP contribution in [0.5, 0.6) is 5.75 Å². The van der Waals surface area contributed by atoms with E-state index < -0.39 is 18.2 Å². The normalized spacial score (nSPS) is 20.3. The molecule has 0 radical (unpaired) electrons. The molecule has 4 rings (SSSR count). The molecule has 1 aliphatic carbocycles. The van der Waals surface area contributed by atoms with Crippen LogP contribution < -0.4 is 20.7 Å². The van der Waals surface area contributed by atoms with Crippen molar-refractivity contribution >= 4 is 29.3 Å². The number of likely N-dealkylation sites (N-methyl/N-ethyl adjacent to an activating group) is 1. The summed E-state index contributed by atoms with van der Waals surface area (Å²) in [5.74, 6) is -0.0466. The number of anilines is 2. The number of nitrogens with one attached hydrogen (secondary N) is 3. The van der Waals surface area contributed by atoms with E-state index in [0.29, 0.717) is 30.2 Å². The molecule has 1 aliphatic heterocycles. The first kappa shape index (κ1) is 29.2. The van der Waals surface area contributed by atoms with Crippen molar-refractivity contribution in [3.8, 4) is 5.75 Å². The highest BCUT2D eigenvalue weighted by atomic mass is 16.5. The highest BCUT2D eigenvalue weighted by molar-refractivity contribution is 6.02. The molecule has 2 aromatic rings. The average Bonchev–Trinajstić information content (AvgIpc) is 2.95. The topological polar surface area (TPSA) is 123 Å². The van der Waals surface area contributed by atoms with E-state index in [2.05, 4.69) is 16.0 Å². The van der Waals surface area contributed by atoms with Gasteiger partial charge in [0, 0.05) is 36.9 Å². The Morgan fingerprint density at radius 3 is 2.48 bits per heavy atom. The van der Waals surface area contributed by atoms with Crippen LogP contribution in [0.15, 0.2) is 48.5 Å². The molecule has 40 heavy (non-hydrogen) atoms. The molecule has 2 aromatic carbocycles. The number of hydrogen-bond acceptors (Lipinski definition) is 5. The highest BCUT2D eigenvalue weighted by Gasteiger charge is 2.34. The largest absolute Gasteiger partial charge is 0.487 e. The lowest BCUT2D eigenvalue weighted by Gasteiger charge is -2.38. The van der Waals surface area contributed by atoms with E-state index >= 15 is 0 Å². The number of hydrogen-bond donors (Lipinski definition) is 4. The van der Waals surface area contributed by atoms with E-state index in [0.717, 1.165) is 25.7 Å². The number of carbonyl (C=O) groups is 3. The SMILES string of the molecule is C[C@H]1CN([C@@H](C)CO)C(=O)c2cc(NC(=O)Nc3ccccc3)ccc2O[C@@H]1CN(C)C(=O)NC1CCCCC1. The number of fused-ring (bicyclic) bond motifs is 1. The van der Waals surface area contributed by atoms with Gasteiger partial charge in [0.1, 0.15) is 11.9 Å². The van der Waals surface area contributed by atoms with Gasteiger partial charge in [-0.2, -0.15) is 0 Å². The van der Waals surface area contributed by atoms with Crippen LogP contribution in [0.2, 0.25) is 0 Å². The molecule has 10 nitrogen and oxygen atoms in total. The summed E-state index contributed by atoms with van der Waals surface area (Å²) in [5.41, 5.74) is 1.35. The van der Waals surface area contributed by atoms with Crippen LogP contribution in [0.25, 0.3) is 0 Å². The summed E-state index contributed by atoms with van der Waals surface area (Å²) in [4.78, 5) is 42.5. The Bertz CT molecular complexity index is 1170. The number of aliphatic hydroxyl groups is 1. The quantitative estimate of drug-likeness (QED) is 0.403. The van der Waals surface area contributed by atoms with Gasteiger partial charge in [-0.1, -0.05) is 44.4 Å². The van der Waals surface area contributed by atoms with E-state index in [9.17, 15) is 19.5 Å². The van der Waals surface area contributed by atoms with Crippen molar-refractivity contribution in [1.29, 1.82) is 0 Å². The van der Waals surface area contributed by atoms with Crippen molar-refractivity contribution < 1.29 is 24.2 Å². The standard InChI is InChI=1S/C30H41N5O5/c1-20-17-35(21(2)19-36)28(37)25-16-24(32-29(38)31-22-10-6-4-7-11-22)14-15-26(25)40-27(20)18-34(3)30(39)33-23-12-8-5-9-13-23/h4,6-7,10-11,14-16,20-21,23,27,36H,5,8-9,12-13,17-19H2,1-3H3,(H,33,39)(H2,31,32,38)/t20-,21-,27+/m0/s1. The summed E-state index contributed by atoms with van der Waals surface area (Å²) in [6, 6.07) is 13.2. The van der Waals surface area contributed by atoms with Gasteiger partial charge in [0.15, 0.2) is 0 Å². The Morgan fingerprint density at radius 1 is 1.07 bits per heavy atom. The third-order valence-corrected chi connectivity index (χ3v) is 7.69. The van der Waals surface area contributed by atoms with Gasteiger partial charge in [-0.25, -0.2) is 9.59 Å². The molecular formula is C30H41N5O5. The van der Waals surface area contributed by atoms with Gasteiger partial charge in [-0.3, -0.25) is 4.79 Å². The van der Waals surface area contributed by atoms with Crippen LogP contribution in [0.3, 0.4) is 0 Å². The maximum absolute atomic E-state index is 13.7. The maximum Gasteiger partial charge on any atom is 0.323 e. The zero-order chi connectivity index (χ0) is 28.6. The molecule has 1 heterocycles. The molecule has 0 spiro atoms. The summed E-state index contributed by atoms with van der Waals surface area (Å²) in [7, 11) is 1.76. The van der Waals surface area contributed by atoms with Crippen molar-refractivity contribution in [3.63, 3.8) is 0 Å². The lowest BCUT2D eigenvalue weighted by molar-refractivity contribution is 0.0366. The van der Waals surface area contributed by atoms with Gasteiger partial charge in [0.05, 0.1) is 24.8 Å². The number of aliphatic hydroxyl groups excluding tert-OH is 1. The second kappa shape index (κ2) is 13.5.